The van der Waals surface area contributed by atoms with Gasteiger partial charge in [-0.2, -0.15) is 0 Å². The predicted octanol–water partition coefficient (Wildman–Crippen LogP) is 2.41. The van der Waals surface area contributed by atoms with Crippen LogP contribution in [-0.2, 0) is 6.42 Å². The summed E-state index contributed by atoms with van der Waals surface area (Å²) in [7, 11) is 1.99. The molecule has 1 N–H and O–H groups in total. The first-order valence-corrected chi connectivity index (χ1v) is 6.46. The molecule has 0 fully saturated rings. The van der Waals surface area contributed by atoms with Crippen molar-refractivity contribution in [3.05, 3.63) is 32.7 Å². The number of hydrogen-bond acceptors (Lipinski definition) is 5. The number of nitrogens with zero attached hydrogens (tertiary/aromatic N) is 2. The normalized spacial score (nSPS) is 12.9. The molecule has 2 rings (SSSR count). The number of hydrogen-bond donors (Lipinski definition) is 1. The first-order chi connectivity index (χ1) is 7.29. The summed E-state index contributed by atoms with van der Waals surface area (Å²) in [5.41, 5.74) is 1.87. The van der Waals surface area contributed by atoms with E-state index in [-0.39, 0.29) is 0 Å². The summed E-state index contributed by atoms with van der Waals surface area (Å²) in [5, 5.41) is 4.44. The molecule has 0 saturated heterocycles. The Morgan fingerprint density at radius 3 is 2.87 bits per heavy atom. The first kappa shape index (κ1) is 10.7. The van der Waals surface area contributed by atoms with Crippen LogP contribution in [-0.4, -0.2) is 17.0 Å². The van der Waals surface area contributed by atoms with Crippen molar-refractivity contribution in [3.8, 4) is 0 Å². The SMILES string of the molecule is CNC(Cc1cncs1)c1cnc(C)s1. The van der Waals surface area contributed by atoms with Crippen molar-refractivity contribution >= 4 is 22.7 Å². The van der Waals surface area contributed by atoms with Gasteiger partial charge >= 0.3 is 0 Å². The molecule has 0 amide bonds. The number of likely N-dealkylation sites (N-methyl/N-ethyl adjacent to an activating group) is 1. The van der Waals surface area contributed by atoms with Gasteiger partial charge in [0.1, 0.15) is 0 Å². The molecule has 0 aliphatic carbocycles. The van der Waals surface area contributed by atoms with Crippen LogP contribution < -0.4 is 5.32 Å². The lowest BCUT2D eigenvalue weighted by atomic mass is 10.2. The fourth-order valence-corrected chi connectivity index (χ4v) is 2.97. The van der Waals surface area contributed by atoms with Crippen molar-refractivity contribution < 1.29 is 0 Å². The van der Waals surface area contributed by atoms with Crippen LogP contribution >= 0.6 is 22.7 Å². The van der Waals surface area contributed by atoms with Crippen molar-refractivity contribution in [2.45, 2.75) is 19.4 Å². The lowest BCUT2D eigenvalue weighted by molar-refractivity contribution is 0.605. The van der Waals surface area contributed by atoms with Crippen LogP contribution in [0.15, 0.2) is 17.9 Å². The maximum atomic E-state index is 4.28. The first-order valence-electron chi connectivity index (χ1n) is 4.76. The van der Waals surface area contributed by atoms with Gasteiger partial charge in [0, 0.05) is 34.6 Å². The van der Waals surface area contributed by atoms with Crippen LogP contribution in [0.4, 0.5) is 0 Å². The van der Waals surface area contributed by atoms with Gasteiger partial charge in [-0.1, -0.05) is 0 Å². The molecule has 0 bridgehead atoms. The predicted molar refractivity (Wildman–Crippen MR) is 64.5 cm³/mol. The van der Waals surface area contributed by atoms with Crippen molar-refractivity contribution in [2.24, 2.45) is 0 Å². The highest BCUT2D eigenvalue weighted by molar-refractivity contribution is 7.11. The van der Waals surface area contributed by atoms with Crippen molar-refractivity contribution in [1.29, 1.82) is 0 Å². The Balaban J connectivity index is 2.11. The quantitative estimate of drug-likeness (QED) is 0.890. The average Bonchev–Trinajstić information content (AvgIpc) is 2.85. The molecule has 0 radical (unpaired) electrons. The summed E-state index contributed by atoms with van der Waals surface area (Å²) in [6, 6.07) is 0.358. The number of nitrogens with one attached hydrogen (secondary N) is 1. The van der Waals surface area contributed by atoms with E-state index in [1.54, 1.807) is 22.7 Å². The standard InChI is InChI=1S/C10H13N3S2/c1-7-13-5-10(15-7)9(11-2)3-8-4-12-6-14-8/h4-6,9,11H,3H2,1-2H3. The molecule has 0 spiro atoms. The van der Waals surface area contributed by atoms with Crippen LogP contribution in [0, 0.1) is 6.92 Å². The Morgan fingerprint density at radius 1 is 1.47 bits per heavy atom. The van der Waals surface area contributed by atoms with E-state index in [0.29, 0.717) is 6.04 Å². The number of aromatic nitrogens is 2. The van der Waals surface area contributed by atoms with E-state index < -0.39 is 0 Å². The fourth-order valence-electron chi connectivity index (χ4n) is 1.43. The minimum atomic E-state index is 0.358. The number of aryl methyl sites for hydroxylation is 1. The van der Waals surface area contributed by atoms with Gasteiger partial charge in [-0.25, -0.2) is 4.98 Å². The Bertz CT molecular complexity index is 408. The minimum absolute atomic E-state index is 0.358. The van der Waals surface area contributed by atoms with Gasteiger partial charge in [0.2, 0.25) is 0 Å². The van der Waals surface area contributed by atoms with Crippen LogP contribution in [0.2, 0.25) is 0 Å². The van der Waals surface area contributed by atoms with Crippen LogP contribution in [0.1, 0.15) is 20.8 Å². The van der Waals surface area contributed by atoms with Crippen LogP contribution in [0.3, 0.4) is 0 Å². The van der Waals surface area contributed by atoms with Gasteiger partial charge in [-0.3, -0.25) is 4.98 Å². The van der Waals surface area contributed by atoms with Crippen molar-refractivity contribution in [1.82, 2.24) is 15.3 Å². The minimum Gasteiger partial charge on any atom is -0.312 e. The lowest BCUT2D eigenvalue weighted by Crippen LogP contribution is -2.17. The summed E-state index contributed by atoms with van der Waals surface area (Å²) >= 11 is 3.45. The Hall–Kier alpha value is -0.780. The van der Waals surface area contributed by atoms with E-state index in [1.807, 2.05) is 31.9 Å². The molecule has 0 saturated carbocycles. The Kier molecular flexibility index (Phi) is 3.45. The average molecular weight is 239 g/mol. The largest absolute Gasteiger partial charge is 0.312 e. The third-order valence-electron chi connectivity index (χ3n) is 2.22. The van der Waals surface area contributed by atoms with Crippen molar-refractivity contribution in [3.63, 3.8) is 0 Å². The summed E-state index contributed by atoms with van der Waals surface area (Å²) in [6.07, 6.45) is 4.88. The molecule has 0 aromatic carbocycles. The lowest BCUT2D eigenvalue weighted by Gasteiger charge is -2.11. The second-order valence-corrected chi connectivity index (χ2v) is 5.53. The van der Waals surface area contributed by atoms with E-state index in [0.717, 1.165) is 11.4 Å². The molecule has 80 valence electrons. The molecule has 0 aliphatic rings. The molecule has 15 heavy (non-hydrogen) atoms. The van der Waals surface area contributed by atoms with Gasteiger partial charge < -0.3 is 5.32 Å². The molecular weight excluding hydrogens is 226 g/mol. The van der Waals surface area contributed by atoms with Gasteiger partial charge in [0.25, 0.3) is 0 Å². The van der Waals surface area contributed by atoms with E-state index in [1.165, 1.54) is 9.75 Å². The molecule has 1 atom stereocenters. The summed E-state index contributed by atoms with van der Waals surface area (Å²) in [6.45, 7) is 2.04. The Labute approximate surface area is 97.2 Å². The van der Waals surface area contributed by atoms with Crippen LogP contribution in [0.25, 0.3) is 0 Å². The highest BCUT2D eigenvalue weighted by Gasteiger charge is 2.13. The molecule has 0 aliphatic heterocycles. The maximum absolute atomic E-state index is 4.28. The summed E-state index contributed by atoms with van der Waals surface area (Å²) in [4.78, 5) is 11.0. The third-order valence-corrected chi connectivity index (χ3v) is 4.05. The second kappa shape index (κ2) is 4.83. The van der Waals surface area contributed by atoms with E-state index >= 15 is 0 Å². The monoisotopic (exact) mass is 239 g/mol. The fraction of sp³-hybridized carbons (Fsp3) is 0.400. The van der Waals surface area contributed by atoms with Crippen molar-refractivity contribution in [2.75, 3.05) is 7.05 Å². The molecule has 2 aromatic rings. The molecule has 2 aromatic heterocycles. The highest BCUT2D eigenvalue weighted by atomic mass is 32.1. The third kappa shape index (κ3) is 2.62. The van der Waals surface area contributed by atoms with E-state index in [4.69, 9.17) is 0 Å². The summed E-state index contributed by atoms with van der Waals surface area (Å²) in [5.74, 6) is 0. The Morgan fingerprint density at radius 2 is 2.33 bits per heavy atom. The molecule has 1 unspecified atom stereocenters. The topological polar surface area (TPSA) is 37.8 Å². The molecule has 3 nitrogen and oxygen atoms in total. The van der Waals surface area contributed by atoms with Gasteiger partial charge in [-0.15, -0.1) is 22.7 Å². The number of rotatable bonds is 4. The zero-order valence-corrected chi connectivity index (χ0v) is 10.4. The molecular formula is C10H13N3S2. The van der Waals surface area contributed by atoms with Gasteiger partial charge in [0.05, 0.1) is 10.5 Å². The zero-order chi connectivity index (χ0) is 10.7. The molecule has 5 heteroatoms. The van der Waals surface area contributed by atoms with Gasteiger partial charge in [-0.05, 0) is 14.0 Å². The second-order valence-electron chi connectivity index (χ2n) is 3.29. The smallest absolute Gasteiger partial charge is 0.0897 e. The summed E-state index contributed by atoms with van der Waals surface area (Å²) < 4.78 is 0. The zero-order valence-electron chi connectivity index (χ0n) is 8.73. The van der Waals surface area contributed by atoms with Gasteiger partial charge in [0.15, 0.2) is 0 Å². The molecule has 2 heterocycles. The van der Waals surface area contributed by atoms with E-state index in [9.17, 15) is 0 Å². The number of thiazole rings is 2. The maximum Gasteiger partial charge on any atom is 0.0897 e. The highest BCUT2D eigenvalue weighted by Crippen LogP contribution is 2.24. The van der Waals surface area contributed by atoms with Crippen LogP contribution in [0.5, 0.6) is 0 Å². The van der Waals surface area contributed by atoms with E-state index in [2.05, 4.69) is 15.3 Å².